The van der Waals surface area contributed by atoms with E-state index in [1.54, 1.807) is 37.6 Å². The highest BCUT2D eigenvalue weighted by Crippen LogP contribution is 2.39. The number of nitriles is 1. The molecule has 3 amide bonds. The molecule has 71 heavy (non-hydrogen) atoms. The van der Waals surface area contributed by atoms with Crippen LogP contribution < -0.4 is 20.9 Å². The van der Waals surface area contributed by atoms with Crippen molar-refractivity contribution in [3.05, 3.63) is 76.5 Å². The van der Waals surface area contributed by atoms with Gasteiger partial charge in [0.15, 0.2) is 5.82 Å². The number of carbonyl (C=O) groups is 3. The van der Waals surface area contributed by atoms with Crippen molar-refractivity contribution < 1.29 is 24.6 Å². The lowest BCUT2D eigenvalue weighted by Gasteiger charge is -2.39. The second kappa shape index (κ2) is 23.0. The molecule has 5 N–H and O–H groups in total. The Kier molecular flexibility index (Phi) is 16.8. The van der Waals surface area contributed by atoms with Crippen molar-refractivity contribution >= 4 is 52.7 Å². The Morgan fingerprint density at radius 2 is 1.70 bits per heavy atom. The van der Waals surface area contributed by atoms with Crippen molar-refractivity contribution in [2.24, 2.45) is 23.0 Å². The van der Waals surface area contributed by atoms with Crippen molar-refractivity contribution in [1.29, 1.82) is 5.26 Å². The van der Waals surface area contributed by atoms with Gasteiger partial charge in [0.2, 0.25) is 17.7 Å². The lowest BCUT2D eigenvalue weighted by Crippen LogP contribution is -2.52. The van der Waals surface area contributed by atoms with Crippen LogP contribution in [0.5, 0.6) is 0 Å². The number of nitrogens with zero attached hydrogens (tertiary/aromatic N) is 12. The predicted molar refractivity (Wildman–Crippen MR) is 269 cm³/mol. The predicted octanol–water partition coefficient (Wildman–Crippen LogP) is 3.97. The fourth-order valence-corrected chi connectivity index (χ4v) is 11.4. The molecular formula is C50H67ClN14O5S. The maximum absolute atomic E-state index is 14.2. The van der Waals surface area contributed by atoms with Crippen LogP contribution in [0.1, 0.15) is 93.9 Å². The van der Waals surface area contributed by atoms with Gasteiger partial charge in [-0.1, -0.05) is 61.5 Å². The quantitative estimate of drug-likeness (QED) is 0.124. The van der Waals surface area contributed by atoms with Gasteiger partial charge in [-0.15, -0.1) is 5.10 Å². The molecular weight excluding hydrogens is 944 g/mol. The Balaban J connectivity index is 0.834. The average molecular weight is 1010 g/mol. The number of amides is 3. The van der Waals surface area contributed by atoms with E-state index in [-0.39, 0.29) is 54.5 Å². The molecule has 4 aromatic rings. The summed E-state index contributed by atoms with van der Waals surface area (Å²) >= 11 is 8.40. The van der Waals surface area contributed by atoms with Crippen molar-refractivity contribution in [3.63, 3.8) is 0 Å². The third-order valence-electron chi connectivity index (χ3n) is 14.7. The Hall–Kier alpha value is -5.43. The van der Waals surface area contributed by atoms with E-state index in [1.807, 2.05) is 36.9 Å². The molecule has 0 saturated carbocycles. The number of likely N-dealkylation sites (tertiary alicyclic amines) is 1. The minimum atomic E-state index is -0.881. The molecule has 4 aliphatic rings. The molecule has 0 radical (unpaired) electrons. The standard InChI is InChI=1S/C50H67ClN14O5S/c1-32(2)44(65-28-33(3)58-59-65)49(70)64-29-37(67)25-40(64)47(68)57-38(35-7-5-34(26-52)6-8-35)12-16-60-21-23-63(24-22-60)48(69)36-10-17-61(18-11-36)46-43(51)41(9-15-54-46)71-42-27-55-45(39(30-66)56-42)62-19-13-50(4,31-53)14-20-62/h5-9,15,27-28,32,36-38,40,44,66-67H,10-14,16-25,29-31,53H2,1-4H3,(H,57,68)/t37-,38+,40+,44+/m1/s1. The van der Waals surface area contributed by atoms with Crippen molar-refractivity contribution in [3.8, 4) is 6.07 Å². The largest absolute Gasteiger partial charge is 0.391 e. The summed E-state index contributed by atoms with van der Waals surface area (Å²) in [6, 6.07) is 9.15. The lowest BCUT2D eigenvalue weighted by molar-refractivity contribution is -0.142. The van der Waals surface area contributed by atoms with Gasteiger partial charge in [-0.2, -0.15) is 5.26 Å². The number of β-amino-alcohol motifs (C(OH)–C–C–N with tert-alkyl or cyclic N) is 1. The number of rotatable bonds is 16. The third kappa shape index (κ3) is 12.1. The van der Waals surface area contributed by atoms with E-state index >= 15 is 0 Å². The minimum absolute atomic E-state index is 0.0342. The fourth-order valence-electron chi connectivity index (χ4n) is 10.3. The van der Waals surface area contributed by atoms with Gasteiger partial charge in [0.1, 0.15) is 28.6 Å². The lowest BCUT2D eigenvalue weighted by atomic mass is 9.80. The van der Waals surface area contributed by atoms with E-state index in [0.717, 1.165) is 36.4 Å². The Morgan fingerprint density at radius 1 is 1.00 bits per heavy atom. The van der Waals surface area contributed by atoms with E-state index in [4.69, 9.17) is 27.3 Å². The van der Waals surface area contributed by atoms with Gasteiger partial charge >= 0.3 is 0 Å². The first kappa shape index (κ1) is 51.9. The highest BCUT2D eigenvalue weighted by atomic mass is 35.5. The minimum Gasteiger partial charge on any atom is -0.391 e. The number of benzene rings is 1. The smallest absolute Gasteiger partial charge is 0.248 e. The number of aliphatic hydroxyl groups is 2. The number of pyridine rings is 1. The molecule has 1 aromatic carbocycles. The number of aromatic nitrogens is 6. The molecule has 0 spiro atoms. The number of carbonyl (C=O) groups excluding carboxylic acids is 3. The first-order valence-corrected chi connectivity index (χ1v) is 26.0. The fraction of sp³-hybridized carbons (Fsp3) is 0.580. The number of piperazine rings is 1. The van der Waals surface area contributed by atoms with Crippen LogP contribution >= 0.6 is 23.4 Å². The topological polar surface area (TPSA) is 239 Å². The van der Waals surface area contributed by atoms with Gasteiger partial charge in [-0.25, -0.2) is 19.6 Å². The molecule has 19 nitrogen and oxygen atoms in total. The molecule has 4 aliphatic heterocycles. The van der Waals surface area contributed by atoms with E-state index in [2.05, 4.69) is 48.3 Å². The molecule has 0 unspecified atom stereocenters. The zero-order chi connectivity index (χ0) is 50.4. The molecule has 0 aliphatic carbocycles. The first-order valence-electron chi connectivity index (χ1n) is 24.8. The van der Waals surface area contributed by atoms with E-state index < -0.39 is 24.2 Å². The van der Waals surface area contributed by atoms with E-state index in [9.17, 15) is 29.9 Å². The molecule has 4 atom stereocenters. The maximum atomic E-state index is 14.2. The van der Waals surface area contributed by atoms with Crippen molar-refractivity contribution in [2.45, 2.75) is 107 Å². The SMILES string of the molecule is Cc1cn([C@H](C(=O)N2C[C@H](O)C[C@H]2C(=O)N[C@@H](CCN2CCN(C(=O)C3CCN(c4nccc(Sc5cnc(N6CCC(C)(CN)CC6)c(CO)n5)c4Cl)CC3)CC2)c2ccc(C#N)cc2)C(C)C)nn1. The maximum Gasteiger partial charge on any atom is 0.248 e. The molecule has 4 saturated heterocycles. The summed E-state index contributed by atoms with van der Waals surface area (Å²) in [7, 11) is 0. The number of hydrogen-bond donors (Lipinski definition) is 4. The van der Waals surface area contributed by atoms with Gasteiger partial charge in [-0.05, 0) is 80.7 Å². The number of piperidine rings is 2. The summed E-state index contributed by atoms with van der Waals surface area (Å²) in [6.45, 7) is 14.4. The van der Waals surface area contributed by atoms with Gasteiger partial charge < -0.3 is 40.9 Å². The molecule has 7 heterocycles. The Labute approximate surface area is 425 Å². The number of anilines is 2. The van der Waals surface area contributed by atoms with Gasteiger partial charge in [0.25, 0.3) is 0 Å². The van der Waals surface area contributed by atoms with Gasteiger partial charge in [-0.3, -0.25) is 19.3 Å². The van der Waals surface area contributed by atoms with Crippen LogP contribution in [0.25, 0.3) is 0 Å². The normalized spacial score (nSPS) is 20.8. The Bertz CT molecular complexity index is 2540. The van der Waals surface area contributed by atoms with Crippen LogP contribution in [0.3, 0.4) is 0 Å². The zero-order valence-electron chi connectivity index (χ0n) is 41.2. The summed E-state index contributed by atoms with van der Waals surface area (Å²) in [6.07, 6.45) is 8.23. The second-order valence-electron chi connectivity index (χ2n) is 20.1. The highest BCUT2D eigenvalue weighted by molar-refractivity contribution is 7.99. The second-order valence-corrected chi connectivity index (χ2v) is 21.6. The molecule has 8 rings (SSSR count). The van der Waals surface area contributed by atoms with Gasteiger partial charge in [0, 0.05) is 95.1 Å². The van der Waals surface area contributed by atoms with E-state index in [1.165, 1.54) is 21.3 Å². The van der Waals surface area contributed by atoms with Crippen LogP contribution in [0.15, 0.2) is 58.8 Å². The molecule has 0 bridgehead atoms. The summed E-state index contributed by atoms with van der Waals surface area (Å²) in [4.78, 5) is 67.2. The van der Waals surface area contributed by atoms with Gasteiger partial charge in [0.05, 0.1) is 47.3 Å². The summed E-state index contributed by atoms with van der Waals surface area (Å²) < 4.78 is 1.54. The van der Waals surface area contributed by atoms with Crippen LogP contribution in [0.4, 0.5) is 11.6 Å². The molecule has 4 fully saturated rings. The highest BCUT2D eigenvalue weighted by Gasteiger charge is 2.43. The Morgan fingerprint density at radius 3 is 2.34 bits per heavy atom. The zero-order valence-corrected chi connectivity index (χ0v) is 42.7. The summed E-state index contributed by atoms with van der Waals surface area (Å²) in [5.41, 5.74) is 8.67. The molecule has 380 valence electrons. The first-order chi connectivity index (χ1) is 34.2. The number of hydrogen-bond acceptors (Lipinski definition) is 16. The third-order valence-corrected chi connectivity index (χ3v) is 16.2. The number of aliphatic hydroxyl groups excluding tert-OH is 2. The number of nitrogens with one attached hydrogen (secondary N) is 1. The van der Waals surface area contributed by atoms with Crippen molar-refractivity contribution in [2.75, 3.05) is 81.8 Å². The van der Waals surface area contributed by atoms with Crippen LogP contribution in [-0.2, 0) is 21.0 Å². The summed E-state index contributed by atoms with van der Waals surface area (Å²) in [5, 5.41) is 43.1. The summed E-state index contributed by atoms with van der Waals surface area (Å²) in [5.74, 6) is 0.610. The van der Waals surface area contributed by atoms with Crippen LogP contribution in [-0.4, -0.2) is 157 Å². The average Bonchev–Trinajstić information content (AvgIpc) is 4.00. The number of halogens is 1. The van der Waals surface area contributed by atoms with E-state index in [0.29, 0.717) is 110 Å². The number of nitrogens with two attached hydrogens (primary N) is 1. The van der Waals surface area contributed by atoms with Crippen LogP contribution in [0.2, 0.25) is 5.02 Å². The molecule has 3 aromatic heterocycles. The monoisotopic (exact) mass is 1010 g/mol. The van der Waals surface area contributed by atoms with Crippen LogP contribution in [0, 0.1) is 35.5 Å². The van der Waals surface area contributed by atoms with Crippen molar-refractivity contribution in [1.82, 2.24) is 50.0 Å². The molecule has 21 heteroatoms. The number of aryl methyl sites for hydroxylation is 1.